The molecule has 1 saturated heterocycles. The molecule has 0 bridgehead atoms. The van der Waals surface area contributed by atoms with Gasteiger partial charge in [-0.05, 0) is 64.8 Å². The Bertz CT molecular complexity index is 1110. The molecule has 1 fully saturated rings. The third kappa shape index (κ3) is 4.82. The van der Waals surface area contributed by atoms with E-state index in [-0.39, 0.29) is 5.91 Å². The number of rotatable bonds is 8. The van der Waals surface area contributed by atoms with Crippen LogP contribution in [0.1, 0.15) is 40.5 Å². The summed E-state index contributed by atoms with van der Waals surface area (Å²) in [7, 11) is 3.35. The van der Waals surface area contributed by atoms with Gasteiger partial charge >= 0.3 is 0 Å². The minimum Gasteiger partial charge on any atom is -0.494 e. The van der Waals surface area contributed by atoms with Gasteiger partial charge in [-0.3, -0.25) is 4.79 Å². The van der Waals surface area contributed by atoms with Crippen molar-refractivity contribution in [2.24, 2.45) is 5.73 Å². The van der Waals surface area contributed by atoms with E-state index in [2.05, 4.69) is 48.7 Å². The van der Waals surface area contributed by atoms with Crippen LogP contribution in [0.5, 0.6) is 5.75 Å². The monoisotopic (exact) mass is 500 g/mol. The lowest BCUT2D eigenvalue weighted by atomic mass is 10.0. The van der Waals surface area contributed by atoms with Crippen LogP contribution in [-0.4, -0.2) is 54.2 Å². The third-order valence-corrected chi connectivity index (χ3v) is 6.75. The third-order valence-electron chi connectivity index (χ3n) is 6.21. The highest BCUT2D eigenvalue weighted by atomic mass is 79.9. The zero-order chi connectivity index (χ0) is 22.7. The molecule has 1 aromatic carbocycles. The Labute approximate surface area is 196 Å². The van der Waals surface area contributed by atoms with Gasteiger partial charge in [0.1, 0.15) is 4.60 Å². The minimum absolute atomic E-state index is 0.388. The maximum Gasteiger partial charge on any atom is 0.248 e. The zero-order valence-electron chi connectivity index (χ0n) is 18.5. The summed E-state index contributed by atoms with van der Waals surface area (Å²) in [4.78, 5) is 18.6. The van der Waals surface area contributed by atoms with Crippen molar-refractivity contribution >= 4 is 32.7 Å². The number of hydrogen-bond acceptors (Lipinski definition) is 5. The van der Waals surface area contributed by atoms with Gasteiger partial charge in [0.2, 0.25) is 5.91 Å². The van der Waals surface area contributed by atoms with Gasteiger partial charge in [0.25, 0.3) is 0 Å². The van der Waals surface area contributed by atoms with E-state index in [0.717, 1.165) is 71.4 Å². The van der Waals surface area contributed by atoms with E-state index in [1.807, 2.05) is 12.1 Å². The Morgan fingerprint density at radius 3 is 2.69 bits per heavy atom. The summed E-state index contributed by atoms with van der Waals surface area (Å²) in [6.45, 7) is 3.49. The molecule has 1 aliphatic heterocycles. The number of primary amides is 1. The second kappa shape index (κ2) is 10.0. The second-order valence-corrected chi connectivity index (χ2v) is 8.96. The van der Waals surface area contributed by atoms with Crippen molar-refractivity contribution in [2.75, 3.05) is 33.9 Å². The molecule has 8 heteroatoms. The fraction of sp³-hybridized carbons (Fsp3) is 0.417. The number of benzene rings is 1. The first-order valence-corrected chi connectivity index (χ1v) is 11.6. The topological polar surface area (TPSA) is 82.6 Å². The quantitative estimate of drug-likeness (QED) is 0.473. The number of pyridine rings is 1. The number of carbonyl (C=O) groups is 1. The van der Waals surface area contributed by atoms with Crippen molar-refractivity contribution in [3.8, 4) is 5.75 Å². The lowest BCUT2D eigenvalue weighted by Crippen LogP contribution is -2.35. The van der Waals surface area contributed by atoms with Gasteiger partial charge in [0, 0.05) is 55.6 Å². The molecule has 0 saturated carbocycles. The molecule has 0 aliphatic carbocycles. The molecule has 32 heavy (non-hydrogen) atoms. The van der Waals surface area contributed by atoms with Crippen LogP contribution < -0.4 is 10.5 Å². The molecule has 1 amide bonds. The SMILES string of the molecule is COCc1cc(CCN2CCC(n3ccc4ccc(C(N)=O)cc43)CC2)c(OC)c(Br)n1. The minimum atomic E-state index is -0.388. The van der Waals surface area contributed by atoms with Gasteiger partial charge in [0.05, 0.1) is 19.4 Å². The molecule has 1 aliphatic rings. The summed E-state index contributed by atoms with van der Waals surface area (Å²) in [5.74, 6) is 0.408. The van der Waals surface area contributed by atoms with E-state index in [1.54, 1.807) is 20.3 Å². The number of carbonyl (C=O) groups excluding carboxylic acids is 1. The number of nitrogens with zero attached hydrogens (tertiary/aromatic N) is 3. The van der Waals surface area contributed by atoms with Crippen LogP contribution in [0.4, 0.5) is 0 Å². The molecule has 2 N–H and O–H groups in total. The fourth-order valence-corrected chi connectivity index (χ4v) is 5.20. The molecule has 0 atom stereocenters. The molecule has 7 nitrogen and oxygen atoms in total. The number of aromatic nitrogens is 2. The summed E-state index contributed by atoms with van der Waals surface area (Å²) < 4.78 is 13.8. The Morgan fingerprint density at radius 1 is 1.22 bits per heavy atom. The Morgan fingerprint density at radius 2 is 2.00 bits per heavy atom. The van der Waals surface area contributed by atoms with Crippen molar-refractivity contribution in [1.82, 2.24) is 14.5 Å². The molecule has 3 heterocycles. The Hall–Kier alpha value is -2.42. The van der Waals surface area contributed by atoms with Crippen molar-refractivity contribution in [2.45, 2.75) is 31.9 Å². The Kier molecular flexibility index (Phi) is 7.13. The highest BCUT2D eigenvalue weighted by Gasteiger charge is 2.22. The van der Waals surface area contributed by atoms with E-state index in [1.165, 1.54) is 0 Å². The van der Waals surface area contributed by atoms with Crippen LogP contribution in [0.15, 0.2) is 41.1 Å². The highest BCUT2D eigenvalue weighted by Crippen LogP contribution is 2.31. The van der Waals surface area contributed by atoms with E-state index in [4.69, 9.17) is 15.2 Å². The molecule has 2 aromatic heterocycles. The van der Waals surface area contributed by atoms with Gasteiger partial charge in [0.15, 0.2) is 5.75 Å². The van der Waals surface area contributed by atoms with Crippen molar-refractivity contribution < 1.29 is 14.3 Å². The van der Waals surface area contributed by atoms with Crippen LogP contribution in [0, 0.1) is 0 Å². The Balaban J connectivity index is 1.40. The molecule has 4 rings (SSSR count). The molecular weight excluding hydrogens is 472 g/mol. The maximum absolute atomic E-state index is 11.6. The molecule has 3 aromatic rings. The lowest BCUT2D eigenvalue weighted by Gasteiger charge is -2.33. The number of amides is 1. The van der Waals surface area contributed by atoms with E-state index < -0.39 is 0 Å². The van der Waals surface area contributed by atoms with Crippen molar-refractivity contribution in [1.29, 1.82) is 0 Å². The van der Waals surface area contributed by atoms with E-state index in [0.29, 0.717) is 18.2 Å². The van der Waals surface area contributed by atoms with Crippen LogP contribution in [0.2, 0.25) is 0 Å². The first kappa shape index (κ1) is 22.8. The van der Waals surface area contributed by atoms with E-state index >= 15 is 0 Å². The number of methoxy groups -OCH3 is 2. The number of hydrogen-bond donors (Lipinski definition) is 1. The smallest absolute Gasteiger partial charge is 0.248 e. The lowest BCUT2D eigenvalue weighted by molar-refractivity contribution is 0.100. The molecular formula is C24H29BrN4O3. The number of piperidine rings is 1. The zero-order valence-corrected chi connectivity index (χ0v) is 20.1. The number of fused-ring (bicyclic) bond motifs is 1. The largest absolute Gasteiger partial charge is 0.494 e. The van der Waals surface area contributed by atoms with Crippen LogP contribution in [0.25, 0.3) is 10.9 Å². The summed E-state index contributed by atoms with van der Waals surface area (Å²) in [6.07, 6.45) is 5.15. The van der Waals surface area contributed by atoms with Crippen molar-refractivity contribution in [3.05, 3.63) is 58.0 Å². The normalized spacial score (nSPS) is 15.3. The van der Waals surface area contributed by atoms with Gasteiger partial charge in [-0.15, -0.1) is 0 Å². The van der Waals surface area contributed by atoms with Crippen LogP contribution >= 0.6 is 15.9 Å². The van der Waals surface area contributed by atoms with E-state index in [9.17, 15) is 4.79 Å². The van der Waals surface area contributed by atoms with Gasteiger partial charge in [-0.2, -0.15) is 0 Å². The fourth-order valence-electron chi connectivity index (χ4n) is 4.55. The number of ether oxygens (including phenoxy) is 2. The molecule has 0 spiro atoms. The first-order valence-electron chi connectivity index (χ1n) is 10.8. The highest BCUT2D eigenvalue weighted by molar-refractivity contribution is 9.10. The number of nitrogens with two attached hydrogens (primary N) is 1. The predicted octanol–water partition coefficient (Wildman–Crippen LogP) is 3.93. The number of halogens is 1. The van der Waals surface area contributed by atoms with Gasteiger partial charge in [-0.25, -0.2) is 4.98 Å². The summed E-state index contributed by atoms with van der Waals surface area (Å²) >= 11 is 3.52. The average molecular weight is 501 g/mol. The molecule has 0 unspecified atom stereocenters. The first-order chi connectivity index (χ1) is 15.5. The maximum atomic E-state index is 11.6. The number of likely N-dealkylation sites (tertiary alicyclic amines) is 1. The summed E-state index contributed by atoms with van der Waals surface area (Å²) in [5.41, 5.74) is 9.15. The van der Waals surface area contributed by atoms with Crippen LogP contribution in [0.3, 0.4) is 0 Å². The summed E-state index contributed by atoms with van der Waals surface area (Å²) in [5, 5.41) is 1.14. The van der Waals surface area contributed by atoms with Crippen molar-refractivity contribution in [3.63, 3.8) is 0 Å². The van der Waals surface area contributed by atoms with Gasteiger partial charge in [-0.1, -0.05) is 6.07 Å². The molecule has 170 valence electrons. The average Bonchev–Trinajstić information content (AvgIpc) is 3.21. The molecule has 0 radical (unpaired) electrons. The predicted molar refractivity (Wildman–Crippen MR) is 128 cm³/mol. The second-order valence-electron chi connectivity index (χ2n) is 8.21. The summed E-state index contributed by atoms with van der Waals surface area (Å²) in [6, 6.07) is 10.3. The standard InChI is InChI=1S/C24H29BrN4O3/c1-31-15-19-13-17(22(32-2)23(25)27-19)5-9-28-10-7-20(8-11-28)29-12-6-16-3-4-18(24(26)30)14-21(16)29/h3-4,6,12-14,20H,5,7-11,15H2,1-2H3,(H2,26,30). The van der Waals surface area contributed by atoms with Crippen LogP contribution in [-0.2, 0) is 17.8 Å². The van der Waals surface area contributed by atoms with Gasteiger partial charge < -0.3 is 24.7 Å².